The predicted molar refractivity (Wildman–Crippen MR) is 181 cm³/mol. The number of likely N-dealkylation sites (N-methyl/N-ethyl adjacent to an activating group) is 1. The van der Waals surface area contributed by atoms with Crippen LogP contribution >= 0.6 is 11.8 Å². The number of aromatic nitrogens is 2. The van der Waals surface area contributed by atoms with E-state index in [1.54, 1.807) is 16.7 Å². The third-order valence-electron chi connectivity index (χ3n) is 8.16. The average Bonchev–Trinajstić information content (AvgIpc) is 3.59. The van der Waals surface area contributed by atoms with Crippen molar-refractivity contribution in [2.45, 2.75) is 70.2 Å². The number of rotatable bonds is 13. The third kappa shape index (κ3) is 8.54. The first kappa shape index (κ1) is 26.9. The van der Waals surface area contributed by atoms with Gasteiger partial charge in [-0.05, 0) is 91.3 Å². The molecule has 0 N–H and O–H groups in total. The lowest BCUT2D eigenvalue weighted by Crippen LogP contribution is -2.40. The Morgan fingerprint density at radius 2 is 1.73 bits per heavy atom. The van der Waals surface area contributed by atoms with Crippen molar-refractivity contribution < 1.29 is 32.0 Å². The molecule has 3 aromatic carbocycles. The fourth-order valence-electron chi connectivity index (χ4n) is 5.61. The number of carbonyl (C=O) groups excluding carboxylic acids is 1. The molecule has 0 fully saturated rings. The van der Waals surface area contributed by atoms with Gasteiger partial charge in [0.25, 0.3) is 5.56 Å². The van der Waals surface area contributed by atoms with Crippen LogP contribution in [0.3, 0.4) is 0 Å². The van der Waals surface area contributed by atoms with Crippen molar-refractivity contribution in [3.8, 4) is 11.1 Å². The van der Waals surface area contributed by atoms with Crippen LogP contribution in [0, 0.1) is 12.7 Å². The molecule has 0 radical (unpaired) electrons. The summed E-state index contributed by atoms with van der Waals surface area (Å²) in [5.74, 6) is -0.686. The lowest BCUT2D eigenvalue weighted by atomic mass is 9.97. The van der Waals surface area contributed by atoms with Gasteiger partial charge in [0, 0.05) is 42.1 Å². The van der Waals surface area contributed by atoms with Crippen molar-refractivity contribution in [3.63, 3.8) is 0 Å². The molecule has 0 unspecified atom stereocenters. The Hall–Kier alpha value is -3.96. The van der Waals surface area contributed by atoms with E-state index in [9.17, 15) is 27.2 Å². The Balaban J connectivity index is 1.54. The predicted octanol–water partition coefficient (Wildman–Crippen LogP) is 7.53. The van der Waals surface area contributed by atoms with Gasteiger partial charge < -0.3 is 14.4 Å². The summed E-state index contributed by atoms with van der Waals surface area (Å²) in [6.07, 6.45) is -2.97. The molecule has 5 rings (SSSR count). The van der Waals surface area contributed by atoms with E-state index < -0.39 is 54.6 Å². The second-order valence-electron chi connectivity index (χ2n) is 11.3. The second kappa shape index (κ2) is 15.5. The van der Waals surface area contributed by atoms with E-state index in [1.165, 1.54) is 61.7 Å². The highest BCUT2D eigenvalue weighted by Crippen LogP contribution is 2.32. The summed E-state index contributed by atoms with van der Waals surface area (Å²) in [7, 11) is 0. The first-order chi connectivity index (χ1) is 25.6. The largest absolute Gasteiger partial charge is 0.416 e. The molecular weight excluding hydrogens is 640 g/mol. The second-order valence-corrected chi connectivity index (χ2v) is 12.3. The normalized spacial score (nSPS) is 15.5. The summed E-state index contributed by atoms with van der Waals surface area (Å²) >= 11 is 1.18. The Kier molecular flexibility index (Phi) is 8.70. The topological polar surface area (TPSA) is 58.4 Å². The van der Waals surface area contributed by atoms with E-state index in [2.05, 4.69) is 4.98 Å². The molecule has 0 saturated heterocycles. The van der Waals surface area contributed by atoms with Crippen molar-refractivity contribution >= 4 is 17.7 Å². The van der Waals surface area contributed by atoms with Crippen LogP contribution in [0.5, 0.6) is 0 Å². The van der Waals surface area contributed by atoms with Gasteiger partial charge in [-0.15, -0.1) is 0 Å². The fraction of sp³-hybridized carbons (Fsp3) is 0.378. The molecule has 0 atom stereocenters. The smallest absolute Gasteiger partial charge is 0.336 e. The molecule has 1 aromatic heterocycles. The van der Waals surface area contributed by atoms with Gasteiger partial charge in [-0.3, -0.25) is 9.59 Å². The number of thioether (sulfide) groups is 1. The summed E-state index contributed by atoms with van der Waals surface area (Å²) < 4.78 is 115. The van der Waals surface area contributed by atoms with Gasteiger partial charge >= 0.3 is 6.18 Å². The lowest BCUT2D eigenvalue weighted by Gasteiger charge is -2.28. The molecule has 1 amide bonds. The van der Waals surface area contributed by atoms with Crippen LogP contribution in [-0.4, -0.2) is 51.3 Å². The average molecular weight is 688 g/mol. The summed E-state index contributed by atoms with van der Waals surface area (Å²) in [5, 5.41) is 0.243. The molecule has 1 heterocycles. The SMILES string of the molecule is [2H]c1c([2H])c(-c2ccc(C(F)(F)F)cc2)c(C)c([2H])c1CN(CCN(C([2H])([2H])C)C([2H])([2H])C)C(=O)Cn1c(SCc2ccc(F)cc2)nc(=O)c2c1CCC2. The zero-order valence-corrected chi connectivity index (χ0v) is 27.6. The maximum absolute atomic E-state index is 14.5. The number of alkyl halides is 3. The van der Waals surface area contributed by atoms with E-state index >= 15 is 0 Å². The van der Waals surface area contributed by atoms with Crippen molar-refractivity contribution in [1.29, 1.82) is 0 Å². The molecular formula is C37H40F4N4O2S. The summed E-state index contributed by atoms with van der Waals surface area (Å²) in [5.41, 5.74) is 0.990. The minimum Gasteiger partial charge on any atom is -0.336 e. The van der Waals surface area contributed by atoms with Gasteiger partial charge in [-0.1, -0.05) is 68.0 Å². The molecule has 11 heteroatoms. The molecule has 0 aliphatic heterocycles. The molecule has 254 valence electrons. The standard InChI is InChI=1S/C37H40F4N4O2S/c1-4-43(5-2)19-20-44(22-27-11-18-31(25(3)21-27)28-12-14-29(15-13-28)37(39,40)41)34(46)23-45-33-8-6-7-32(33)35(47)42-36(45)48-24-26-9-16-30(38)17-10-26/h9-18,21H,4-8,19-20,22-24H2,1-3H3/i4D2,5D2,11D,18D,21D. The van der Waals surface area contributed by atoms with Gasteiger partial charge in [0.15, 0.2) is 5.16 Å². The van der Waals surface area contributed by atoms with Crippen LogP contribution in [0.15, 0.2) is 76.6 Å². The lowest BCUT2D eigenvalue weighted by molar-refractivity contribution is -0.137. The molecule has 48 heavy (non-hydrogen) atoms. The van der Waals surface area contributed by atoms with Crippen LogP contribution in [-0.2, 0) is 42.7 Å². The maximum Gasteiger partial charge on any atom is 0.416 e. The van der Waals surface area contributed by atoms with Crippen LogP contribution < -0.4 is 5.56 Å². The highest BCUT2D eigenvalue weighted by atomic mass is 32.2. The first-order valence-electron chi connectivity index (χ1n) is 18.9. The Morgan fingerprint density at radius 1 is 1.02 bits per heavy atom. The summed E-state index contributed by atoms with van der Waals surface area (Å²) in [6, 6.07) is 8.85. The van der Waals surface area contributed by atoms with Gasteiger partial charge in [-0.2, -0.15) is 18.2 Å². The minimum absolute atomic E-state index is 0.0359. The van der Waals surface area contributed by atoms with E-state index in [-0.39, 0.29) is 59.1 Å². The quantitative estimate of drug-likeness (QED) is 0.0827. The molecule has 1 aliphatic rings. The van der Waals surface area contributed by atoms with E-state index in [0.29, 0.717) is 36.3 Å². The van der Waals surface area contributed by atoms with Crippen molar-refractivity contribution in [1.82, 2.24) is 19.4 Å². The highest BCUT2D eigenvalue weighted by molar-refractivity contribution is 7.98. The molecule has 1 aliphatic carbocycles. The van der Waals surface area contributed by atoms with E-state index in [0.717, 1.165) is 22.6 Å². The van der Waals surface area contributed by atoms with Crippen LogP contribution in [0.25, 0.3) is 11.1 Å². The number of nitrogens with zero attached hydrogens (tertiary/aromatic N) is 4. The van der Waals surface area contributed by atoms with Crippen LogP contribution in [0.1, 0.15) is 63.4 Å². The molecule has 4 aromatic rings. The zero-order chi connectivity index (χ0) is 40.6. The van der Waals surface area contributed by atoms with E-state index in [4.69, 9.17) is 9.60 Å². The highest BCUT2D eigenvalue weighted by Gasteiger charge is 2.30. The van der Waals surface area contributed by atoms with Gasteiger partial charge in [0.05, 0.1) is 9.68 Å². The summed E-state index contributed by atoms with van der Waals surface area (Å²) in [6.45, 7) is -1.77. The number of hydrogen-bond donors (Lipinski definition) is 0. The molecule has 0 saturated carbocycles. The zero-order valence-electron chi connectivity index (χ0n) is 33.8. The van der Waals surface area contributed by atoms with Gasteiger partial charge in [0.2, 0.25) is 5.91 Å². The van der Waals surface area contributed by atoms with Crippen LogP contribution in [0.2, 0.25) is 0 Å². The number of fused-ring (bicyclic) bond motifs is 1. The summed E-state index contributed by atoms with van der Waals surface area (Å²) in [4.78, 5) is 34.0. The molecule has 6 nitrogen and oxygen atoms in total. The number of carbonyl (C=O) groups is 1. The maximum atomic E-state index is 14.5. The van der Waals surface area contributed by atoms with Crippen LogP contribution in [0.4, 0.5) is 17.6 Å². The third-order valence-corrected chi connectivity index (χ3v) is 9.21. The Bertz CT molecular complexity index is 2080. The Labute approximate surface area is 292 Å². The molecule has 0 spiro atoms. The Morgan fingerprint density at radius 3 is 2.40 bits per heavy atom. The molecule has 0 bridgehead atoms. The monoisotopic (exact) mass is 687 g/mol. The number of halogens is 4. The van der Waals surface area contributed by atoms with Gasteiger partial charge in [-0.25, -0.2) is 4.39 Å². The fourth-order valence-corrected chi connectivity index (χ4v) is 6.57. The van der Waals surface area contributed by atoms with Gasteiger partial charge in [0.1, 0.15) is 12.4 Å². The number of hydrogen-bond acceptors (Lipinski definition) is 5. The van der Waals surface area contributed by atoms with Crippen molar-refractivity contribution in [2.24, 2.45) is 0 Å². The minimum atomic E-state index is -4.59. The number of amides is 1. The van der Waals surface area contributed by atoms with Crippen molar-refractivity contribution in [3.05, 3.63) is 116 Å². The van der Waals surface area contributed by atoms with E-state index in [1.807, 2.05) is 0 Å². The number of benzene rings is 3. The van der Waals surface area contributed by atoms with Crippen molar-refractivity contribution in [2.75, 3.05) is 26.1 Å². The first-order valence-corrected chi connectivity index (χ1v) is 16.4.